The third-order valence-corrected chi connectivity index (χ3v) is 3.13. The van der Waals surface area contributed by atoms with Gasteiger partial charge in [-0.3, -0.25) is 4.79 Å². The maximum Gasteiger partial charge on any atom is 0.220 e. The number of carbonyl (C=O) groups is 1. The van der Waals surface area contributed by atoms with Crippen molar-refractivity contribution >= 4 is 5.91 Å². The summed E-state index contributed by atoms with van der Waals surface area (Å²) in [5.41, 5.74) is 5.02. The number of nitrogens with one attached hydrogen (secondary N) is 2. The van der Waals surface area contributed by atoms with Gasteiger partial charge < -0.3 is 10.6 Å². The average Bonchev–Trinajstić information content (AvgIpc) is 2.27. The van der Waals surface area contributed by atoms with E-state index < -0.39 is 0 Å². The van der Waals surface area contributed by atoms with Gasteiger partial charge in [0.15, 0.2) is 0 Å². The van der Waals surface area contributed by atoms with E-state index in [-0.39, 0.29) is 5.91 Å². The van der Waals surface area contributed by atoms with Gasteiger partial charge in [-0.1, -0.05) is 17.7 Å². The van der Waals surface area contributed by atoms with Gasteiger partial charge in [-0.15, -0.1) is 0 Å². The molecule has 0 aliphatic rings. The summed E-state index contributed by atoms with van der Waals surface area (Å²) in [5, 5.41) is 6.03. The molecule has 2 N–H and O–H groups in total. The minimum Gasteiger partial charge on any atom is -0.352 e. The van der Waals surface area contributed by atoms with Gasteiger partial charge in [-0.2, -0.15) is 0 Å². The van der Waals surface area contributed by atoms with Gasteiger partial charge in [0.25, 0.3) is 0 Å². The largest absolute Gasteiger partial charge is 0.352 e. The summed E-state index contributed by atoms with van der Waals surface area (Å²) in [6.07, 6.45) is 1.47. The number of hydrogen-bond donors (Lipinski definition) is 2. The first-order valence-corrected chi connectivity index (χ1v) is 6.52. The van der Waals surface area contributed by atoms with Crippen molar-refractivity contribution < 1.29 is 4.79 Å². The van der Waals surface area contributed by atoms with Gasteiger partial charge in [0.1, 0.15) is 0 Å². The maximum absolute atomic E-state index is 11.6. The van der Waals surface area contributed by atoms with E-state index in [1.807, 2.05) is 7.05 Å². The lowest BCUT2D eigenvalue weighted by atomic mass is 10.00. The third kappa shape index (κ3) is 4.49. The molecule has 1 aromatic carbocycles. The zero-order valence-electron chi connectivity index (χ0n) is 11.9. The molecule has 0 unspecified atom stereocenters. The van der Waals surface area contributed by atoms with Crippen molar-refractivity contribution in [3.8, 4) is 0 Å². The standard InChI is InChI=1S/C15H24N2O/c1-11-8-12(2)14(13(3)9-11)10-17-15(18)6-5-7-16-4/h8-9,16H,5-7,10H2,1-4H3,(H,17,18). The second kappa shape index (κ2) is 7.17. The Morgan fingerprint density at radius 1 is 1.17 bits per heavy atom. The normalized spacial score (nSPS) is 10.4. The van der Waals surface area contributed by atoms with Crippen LogP contribution in [0.2, 0.25) is 0 Å². The summed E-state index contributed by atoms with van der Waals surface area (Å²) in [4.78, 5) is 11.6. The van der Waals surface area contributed by atoms with Gasteiger partial charge in [-0.05, 0) is 57.5 Å². The van der Waals surface area contributed by atoms with Crippen LogP contribution in [0.15, 0.2) is 12.1 Å². The Bertz CT molecular complexity index is 390. The first kappa shape index (κ1) is 14.7. The third-order valence-electron chi connectivity index (χ3n) is 3.13. The van der Waals surface area contributed by atoms with Gasteiger partial charge in [0.2, 0.25) is 5.91 Å². The smallest absolute Gasteiger partial charge is 0.220 e. The summed E-state index contributed by atoms with van der Waals surface area (Å²) in [6, 6.07) is 4.32. The van der Waals surface area contributed by atoms with Crippen molar-refractivity contribution in [3.05, 3.63) is 34.4 Å². The Kier molecular flexibility index (Phi) is 5.86. The average molecular weight is 248 g/mol. The predicted octanol–water partition coefficient (Wildman–Crippen LogP) is 2.23. The van der Waals surface area contributed by atoms with Crippen LogP contribution in [0.5, 0.6) is 0 Å². The van der Waals surface area contributed by atoms with Crippen molar-refractivity contribution in [1.82, 2.24) is 10.6 Å². The fraction of sp³-hybridized carbons (Fsp3) is 0.533. The number of amides is 1. The van der Waals surface area contributed by atoms with Crippen LogP contribution in [-0.4, -0.2) is 19.5 Å². The molecule has 0 spiro atoms. The van der Waals surface area contributed by atoms with E-state index in [0.29, 0.717) is 13.0 Å². The highest BCUT2D eigenvalue weighted by atomic mass is 16.1. The minimum atomic E-state index is 0.129. The molecule has 3 heteroatoms. The van der Waals surface area contributed by atoms with Crippen LogP contribution in [0.1, 0.15) is 35.1 Å². The quantitative estimate of drug-likeness (QED) is 0.758. The molecular formula is C15H24N2O. The molecule has 1 amide bonds. The van der Waals surface area contributed by atoms with Crippen molar-refractivity contribution in [2.24, 2.45) is 0 Å². The highest BCUT2D eigenvalue weighted by Gasteiger charge is 2.06. The number of benzene rings is 1. The molecule has 1 rings (SSSR count). The van der Waals surface area contributed by atoms with E-state index in [0.717, 1.165) is 13.0 Å². The lowest BCUT2D eigenvalue weighted by Crippen LogP contribution is -2.24. The number of carbonyl (C=O) groups excluding carboxylic acids is 1. The van der Waals surface area contributed by atoms with Gasteiger partial charge in [0.05, 0.1) is 0 Å². The topological polar surface area (TPSA) is 41.1 Å². The van der Waals surface area contributed by atoms with Crippen LogP contribution >= 0.6 is 0 Å². The fourth-order valence-electron chi connectivity index (χ4n) is 2.19. The summed E-state index contributed by atoms with van der Waals surface area (Å²) >= 11 is 0. The van der Waals surface area contributed by atoms with Crippen LogP contribution in [0.4, 0.5) is 0 Å². The first-order chi connectivity index (χ1) is 8.54. The van der Waals surface area contributed by atoms with Crippen LogP contribution < -0.4 is 10.6 Å². The second-order valence-electron chi connectivity index (χ2n) is 4.86. The Balaban J connectivity index is 2.51. The zero-order chi connectivity index (χ0) is 13.5. The molecule has 1 aromatic rings. The molecule has 0 aromatic heterocycles. The Morgan fingerprint density at radius 3 is 2.33 bits per heavy atom. The molecule has 18 heavy (non-hydrogen) atoms. The van der Waals surface area contributed by atoms with Crippen LogP contribution in [0.3, 0.4) is 0 Å². The maximum atomic E-state index is 11.6. The zero-order valence-corrected chi connectivity index (χ0v) is 11.9. The van der Waals surface area contributed by atoms with E-state index in [1.54, 1.807) is 0 Å². The summed E-state index contributed by atoms with van der Waals surface area (Å²) < 4.78 is 0. The van der Waals surface area contributed by atoms with Crippen LogP contribution in [0.25, 0.3) is 0 Å². The Hall–Kier alpha value is -1.35. The van der Waals surface area contributed by atoms with E-state index in [1.165, 1.54) is 22.3 Å². The lowest BCUT2D eigenvalue weighted by Gasteiger charge is -2.12. The van der Waals surface area contributed by atoms with Gasteiger partial charge in [0, 0.05) is 13.0 Å². The monoisotopic (exact) mass is 248 g/mol. The molecule has 0 fully saturated rings. The number of hydrogen-bond acceptors (Lipinski definition) is 2. The molecule has 0 saturated carbocycles. The Labute approximate surface area is 110 Å². The molecule has 0 saturated heterocycles. The van der Waals surface area contributed by atoms with E-state index in [9.17, 15) is 4.79 Å². The molecule has 0 atom stereocenters. The van der Waals surface area contributed by atoms with Crippen molar-refractivity contribution in [2.45, 2.75) is 40.2 Å². The molecule has 100 valence electrons. The molecule has 0 heterocycles. The molecule has 0 aliphatic carbocycles. The van der Waals surface area contributed by atoms with E-state index in [4.69, 9.17) is 0 Å². The summed E-state index contributed by atoms with van der Waals surface area (Å²) in [6.45, 7) is 7.82. The fourth-order valence-corrected chi connectivity index (χ4v) is 2.19. The molecule has 3 nitrogen and oxygen atoms in total. The van der Waals surface area contributed by atoms with Crippen molar-refractivity contribution in [3.63, 3.8) is 0 Å². The highest BCUT2D eigenvalue weighted by molar-refractivity contribution is 5.75. The Morgan fingerprint density at radius 2 is 1.78 bits per heavy atom. The second-order valence-corrected chi connectivity index (χ2v) is 4.86. The molecule has 0 aliphatic heterocycles. The summed E-state index contributed by atoms with van der Waals surface area (Å²) in [5.74, 6) is 0.129. The summed E-state index contributed by atoms with van der Waals surface area (Å²) in [7, 11) is 1.90. The lowest BCUT2D eigenvalue weighted by molar-refractivity contribution is -0.121. The number of rotatable bonds is 6. The van der Waals surface area contributed by atoms with E-state index in [2.05, 4.69) is 43.5 Å². The molecule has 0 radical (unpaired) electrons. The van der Waals surface area contributed by atoms with Crippen molar-refractivity contribution in [2.75, 3.05) is 13.6 Å². The highest BCUT2D eigenvalue weighted by Crippen LogP contribution is 2.16. The molecular weight excluding hydrogens is 224 g/mol. The SMILES string of the molecule is CNCCCC(=O)NCc1c(C)cc(C)cc1C. The molecule has 0 bridgehead atoms. The first-order valence-electron chi connectivity index (χ1n) is 6.52. The predicted molar refractivity (Wildman–Crippen MR) is 75.7 cm³/mol. The van der Waals surface area contributed by atoms with Crippen LogP contribution in [0, 0.1) is 20.8 Å². The minimum absolute atomic E-state index is 0.129. The van der Waals surface area contributed by atoms with Gasteiger partial charge in [-0.25, -0.2) is 0 Å². The number of aryl methyl sites for hydroxylation is 3. The van der Waals surface area contributed by atoms with Crippen molar-refractivity contribution in [1.29, 1.82) is 0 Å². The van der Waals surface area contributed by atoms with E-state index >= 15 is 0 Å². The van der Waals surface area contributed by atoms with Gasteiger partial charge >= 0.3 is 0 Å². The van der Waals surface area contributed by atoms with Crippen LogP contribution in [-0.2, 0) is 11.3 Å².